The molecule has 19 heavy (non-hydrogen) atoms. The minimum atomic E-state index is -0.381. The third kappa shape index (κ3) is 3.43. The van der Waals surface area contributed by atoms with E-state index in [0.29, 0.717) is 20.6 Å². The zero-order valence-corrected chi connectivity index (χ0v) is 12.6. The van der Waals surface area contributed by atoms with Crippen LogP contribution in [0, 0.1) is 12.7 Å². The van der Waals surface area contributed by atoms with Crippen molar-refractivity contribution in [1.82, 2.24) is 0 Å². The molecule has 0 radical (unpaired) electrons. The Morgan fingerprint density at radius 3 is 2.63 bits per heavy atom. The first kappa shape index (κ1) is 14.2. The molecular formula is C15H11BrClFO. The van der Waals surface area contributed by atoms with Crippen LogP contribution in [-0.4, -0.2) is 5.78 Å². The van der Waals surface area contributed by atoms with Gasteiger partial charge in [0.05, 0.1) is 0 Å². The number of carbonyl (C=O) groups excluding carboxylic acids is 1. The van der Waals surface area contributed by atoms with Crippen molar-refractivity contribution in [3.05, 3.63) is 68.4 Å². The van der Waals surface area contributed by atoms with Crippen LogP contribution < -0.4 is 0 Å². The quantitative estimate of drug-likeness (QED) is 0.720. The van der Waals surface area contributed by atoms with Crippen LogP contribution in [0.25, 0.3) is 0 Å². The lowest BCUT2D eigenvalue weighted by Gasteiger charge is -2.05. The van der Waals surface area contributed by atoms with Gasteiger partial charge in [-0.2, -0.15) is 0 Å². The van der Waals surface area contributed by atoms with E-state index in [4.69, 9.17) is 11.6 Å². The predicted octanol–water partition coefficient (Wildman–Crippen LogP) is 4.98. The van der Waals surface area contributed by atoms with Gasteiger partial charge < -0.3 is 0 Å². The monoisotopic (exact) mass is 340 g/mol. The van der Waals surface area contributed by atoms with Crippen LogP contribution >= 0.6 is 27.5 Å². The van der Waals surface area contributed by atoms with Crippen molar-refractivity contribution in [2.75, 3.05) is 0 Å². The molecule has 0 amide bonds. The molecule has 0 bridgehead atoms. The zero-order chi connectivity index (χ0) is 14.0. The second-order valence-corrected chi connectivity index (χ2v) is 5.62. The highest BCUT2D eigenvalue weighted by atomic mass is 79.9. The lowest BCUT2D eigenvalue weighted by Crippen LogP contribution is -2.05. The summed E-state index contributed by atoms with van der Waals surface area (Å²) in [6.07, 6.45) is 0.0419. The second-order valence-electron chi connectivity index (χ2n) is 4.30. The lowest BCUT2D eigenvalue weighted by atomic mass is 10.0. The highest BCUT2D eigenvalue weighted by Gasteiger charge is 2.11. The van der Waals surface area contributed by atoms with Crippen LogP contribution in [0.1, 0.15) is 21.5 Å². The van der Waals surface area contributed by atoms with Crippen molar-refractivity contribution >= 4 is 33.3 Å². The normalized spacial score (nSPS) is 10.5. The molecule has 0 spiro atoms. The molecule has 0 aliphatic carbocycles. The number of rotatable bonds is 3. The second kappa shape index (κ2) is 5.85. The largest absolute Gasteiger partial charge is 0.294 e. The van der Waals surface area contributed by atoms with Crippen molar-refractivity contribution in [3.8, 4) is 0 Å². The van der Waals surface area contributed by atoms with E-state index < -0.39 is 0 Å². The number of benzene rings is 2. The van der Waals surface area contributed by atoms with Crippen LogP contribution in [0.2, 0.25) is 5.02 Å². The fraction of sp³-hybridized carbons (Fsp3) is 0.133. The van der Waals surface area contributed by atoms with E-state index in [1.807, 2.05) is 6.92 Å². The molecule has 0 heterocycles. The van der Waals surface area contributed by atoms with Crippen molar-refractivity contribution in [3.63, 3.8) is 0 Å². The summed E-state index contributed by atoms with van der Waals surface area (Å²) in [5.41, 5.74) is 1.77. The molecule has 98 valence electrons. The van der Waals surface area contributed by atoms with Gasteiger partial charge in [0.2, 0.25) is 0 Å². The average Bonchev–Trinajstić information content (AvgIpc) is 2.36. The smallest absolute Gasteiger partial charge is 0.167 e. The van der Waals surface area contributed by atoms with Gasteiger partial charge in [0.25, 0.3) is 0 Å². The van der Waals surface area contributed by atoms with Gasteiger partial charge in [-0.3, -0.25) is 4.79 Å². The molecule has 0 aliphatic heterocycles. The number of ketones is 1. The summed E-state index contributed by atoms with van der Waals surface area (Å²) >= 11 is 9.10. The third-order valence-corrected chi connectivity index (χ3v) is 3.76. The first-order valence-corrected chi connectivity index (χ1v) is 6.88. The number of hydrogen-bond acceptors (Lipinski definition) is 1. The van der Waals surface area contributed by atoms with Gasteiger partial charge in [0.15, 0.2) is 5.78 Å². The van der Waals surface area contributed by atoms with Crippen LogP contribution in [0.15, 0.2) is 40.9 Å². The topological polar surface area (TPSA) is 17.1 Å². The van der Waals surface area contributed by atoms with Gasteiger partial charge in [-0.05, 0) is 48.4 Å². The van der Waals surface area contributed by atoms with Crippen LogP contribution in [0.5, 0.6) is 0 Å². The summed E-state index contributed by atoms with van der Waals surface area (Å²) < 4.78 is 14.3. The molecule has 2 aromatic rings. The van der Waals surface area contributed by atoms with E-state index in [1.54, 1.807) is 30.3 Å². The van der Waals surface area contributed by atoms with E-state index in [2.05, 4.69) is 15.9 Å². The van der Waals surface area contributed by atoms with Crippen molar-refractivity contribution in [2.45, 2.75) is 13.3 Å². The summed E-state index contributed by atoms with van der Waals surface area (Å²) in [6.45, 7) is 1.83. The first-order chi connectivity index (χ1) is 8.97. The molecule has 0 aromatic heterocycles. The Balaban J connectivity index is 2.23. The maximum Gasteiger partial charge on any atom is 0.167 e. The summed E-state index contributed by atoms with van der Waals surface area (Å²) in [6, 6.07) is 9.76. The highest BCUT2D eigenvalue weighted by Crippen LogP contribution is 2.20. The van der Waals surface area contributed by atoms with Gasteiger partial charge in [0, 0.05) is 21.5 Å². The number of hydrogen-bond donors (Lipinski definition) is 0. The molecule has 2 aromatic carbocycles. The lowest BCUT2D eigenvalue weighted by molar-refractivity contribution is 0.0991. The molecule has 0 fully saturated rings. The van der Waals surface area contributed by atoms with Crippen molar-refractivity contribution in [2.24, 2.45) is 0 Å². The molecule has 2 rings (SSSR count). The predicted molar refractivity (Wildman–Crippen MR) is 78.3 cm³/mol. The van der Waals surface area contributed by atoms with E-state index in [9.17, 15) is 9.18 Å². The summed E-state index contributed by atoms with van der Waals surface area (Å²) in [5, 5.41) is 0.617. The molecule has 0 N–H and O–H groups in total. The Kier molecular flexibility index (Phi) is 4.38. The van der Waals surface area contributed by atoms with E-state index in [1.165, 1.54) is 6.07 Å². The molecule has 0 saturated carbocycles. The maximum absolute atomic E-state index is 13.7. The Labute approximate surface area is 124 Å². The maximum atomic E-state index is 13.7. The minimum absolute atomic E-state index is 0.0419. The zero-order valence-electron chi connectivity index (χ0n) is 10.2. The summed E-state index contributed by atoms with van der Waals surface area (Å²) in [5.74, 6) is -0.505. The molecule has 0 atom stereocenters. The van der Waals surface area contributed by atoms with Crippen molar-refractivity contribution < 1.29 is 9.18 Å². The van der Waals surface area contributed by atoms with Crippen LogP contribution in [0.3, 0.4) is 0 Å². The highest BCUT2D eigenvalue weighted by molar-refractivity contribution is 9.10. The Morgan fingerprint density at radius 1 is 1.26 bits per heavy atom. The Hall–Kier alpha value is -1.19. The minimum Gasteiger partial charge on any atom is -0.294 e. The Bertz CT molecular complexity index is 640. The fourth-order valence-electron chi connectivity index (χ4n) is 1.76. The third-order valence-electron chi connectivity index (χ3n) is 2.85. The van der Waals surface area contributed by atoms with Gasteiger partial charge in [-0.15, -0.1) is 0 Å². The van der Waals surface area contributed by atoms with Gasteiger partial charge in [-0.25, -0.2) is 4.39 Å². The number of aryl methyl sites for hydroxylation is 1. The number of carbonyl (C=O) groups is 1. The molecule has 4 heteroatoms. The first-order valence-electron chi connectivity index (χ1n) is 5.70. The van der Waals surface area contributed by atoms with Crippen molar-refractivity contribution in [1.29, 1.82) is 0 Å². The van der Waals surface area contributed by atoms with E-state index in [-0.39, 0.29) is 18.0 Å². The van der Waals surface area contributed by atoms with E-state index >= 15 is 0 Å². The molecule has 0 aliphatic rings. The molecular weight excluding hydrogens is 331 g/mol. The molecule has 0 unspecified atom stereocenters. The van der Waals surface area contributed by atoms with Crippen LogP contribution in [0.4, 0.5) is 4.39 Å². The van der Waals surface area contributed by atoms with Gasteiger partial charge >= 0.3 is 0 Å². The van der Waals surface area contributed by atoms with Gasteiger partial charge in [-0.1, -0.05) is 33.6 Å². The number of halogens is 3. The summed E-state index contributed by atoms with van der Waals surface area (Å²) in [4.78, 5) is 12.1. The standard InChI is InChI=1S/C15H11BrClFO/c1-9-6-11(3-5-13(9)17)15(19)7-10-2-4-12(16)8-14(10)18/h2-6,8H,7H2,1H3. The van der Waals surface area contributed by atoms with Crippen LogP contribution in [-0.2, 0) is 6.42 Å². The summed E-state index contributed by atoms with van der Waals surface area (Å²) in [7, 11) is 0. The fourth-order valence-corrected chi connectivity index (χ4v) is 2.21. The SMILES string of the molecule is Cc1cc(C(=O)Cc2ccc(Br)cc2F)ccc1Cl. The average molecular weight is 342 g/mol. The van der Waals surface area contributed by atoms with E-state index in [0.717, 1.165) is 5.56 Å². The molecule has 1 nitrogen and oxygen atoms in total. The Morgan fingerprint density at radius 2 is 2.00 bits per heavy atom. The molecule has 0 saturated heterocycles. The number of Topliss-reactive ketones (excluding diaryl/α,β-unsaturated/α-hetero) is 1. The van der Waals surface area contributed by atoms with Gasteiger partial charge in [0.1, 0.15) is 5.82 Å².